The van der Waals surface area contributed by atoms with Crippen LogP contribution in [-0.2, 0) is 33.3 Å². The van der Waals surface area contributed by atoms with Crippen molar-refractivity contribution in [2.24, 2.45) is 11.3 Å². The molecule has 0 bridgehead atoms. The Kier molecular flexibility index (Phi) is 6.49. The lowest BCUT2D eigenvalue weighted by Gasteiger charge is -2.56. The average molecular weight is 505 g/mol. The molecule has 0 unspecified atom stereocenters. The SMILES string of the molecule is CO[C@]1(C)OC[C@H]([C@@H]2CC(=O)C[C@H](c3ccc(O)cc3)C23C(=O)N(C)C(=O)N(C)C3=O)O[C@@]1(C)OC. The van der Waals surface area contributed by atoms with Crippen LogP contribution in [0.15, 0.2) is 24.3 Å². The molecular formula is C25H32N2O9. The summed E-state index contributed by atoms with van der Waals surface area (Å²) in [5.41, 5.74) is -1.33. The van der Waals surface area contributed by atoms with Crippen LogP contribution in [0.5, 0.6) is 5.75 Å². The standard InChI is InChI=1S/C25H32N2O9/c1-23(33-5)24(2,34-6)36-19(13-35-23)18-12-16(29)11-17(14-7-9-15(28)10-8-14)25(18)20(30)26(3)22(32)27(4)21(25)31/h7-10,17-19,28H,11-13H2,1-6H3/t17-,18+,19-,23-,24-/m1/s1. The number of urea groups is 1. The van der Waals surface area contributed by atoms with Gasteiger partial charge < -0.3 is 24.1 Å². The van der Waals surface area contributed by atoms with Crippen molar-refractivity contribution < 1.29 is 43.2 Å². The van der Waals surface area contributed by atoms with E-state index in [9.17, 15) is 24.3 Å². The molecule has 2 saturated heterocycles. The number of barbiturate groups is 1. The lowest BCUT2D eigenvalue weighted by atomic mass is 9.54. The third kappa shape index (κ3) is 3.56. The average Bonchev–Trinajstić information content (AvgIpc) is 2.87. The van der Waals surface area contributed by atoms with E-state index in [1.165, 1.54) is 40.4 Å². The number of nitrogens with zero attached hydrogens (tertiary/aromatic N) is 2. The summed E-state index contributed by atoms with van der Waals surface area (Å²) in [6.07, 6.45) is -1.16. The Hall–Kier alpha value is -2.86. The van der Waals surface area contributed by atoms with Gasteiger partial charge in [-0.25, -0.2) is 4.79 Å². The van der Waals surface area contributed by atoms with Crippen molar-refractivity contribution in [3.8, 4) is 5.75 Å². The van der Waals surface area contributed by atoms with Gasteiger partial charge in [-0.15, -0.1) is 0 Å². The maximum atomic E-state index is 14.0. The normalized spacial score (nSPS) is 35.0. The van der Waals surface area contributed by atoms with Gasteiger partial charge in [-0.1, -0.05) is 12.1 Å². The molecule has 1 spiro atoms. The Bertz CT molecular complexity index is 1070. The first kappa shape index (κ1) is 26.2. The van der Waals surface area contributed by atoms with E-state index < -0.39 is 52.8 Å². The van der Waals surface area contributed by atoms with E-state index >= 15 is 0 Å². The molecule has 2 heterocycles. The summed E-state index contributed by atoms with van der Waals surface area (Å²) in [4.78, 5) is 55.7. The van der Waals surface area contributed by atoms with Gasteiger partial charge in [0, 0.05) is 53.0 Å². The summed E-state index contributed by atoms with van der Waals surface area (Å²) >= 11 is 0. The fraction of sp³-hybridized carbons (Fsp3) is 0.600. The summed E-state index contributed by atoms with van der Waals surface area (Å²) in [6.45, 7) is 3.17. The van der Waals surface area contributed by atoms with Crippen molar-refractivity contribution in [1.82, 2.24) is 9.80 Å². The Morgan fingerprint density at radius 2 is 1.47 bits per heavy atom. The number of imide groups is 2. The summed E-state index contributed by atoms with van der Waals surface area (Å²) in [5.74, 6) is -6.23. The molecule has 196 valence electrons. The molecule has 5 atom stereocenters. The second-order valence-electron chi connectivity index (χ2n) is 9.84. The molecule has 2 aliphatic heterocycles. The van der Waals surface area contributed by atoms with E-state index in [0.717, 1.165) is 9.80 Å². The maximum Gasteiger partial charge on any atom is 0.332 e. The monoisotopic (exact) mass is 504 g/mol. The molecule has 4 rings (SSSR count). The Labute approximate surface area is 209 Å². The number of ketones is 1. The number of carbonyl (C=O) groups is 4. The van der Waals surface area contributed by atoms with Crippen LogP contribution in [0.25, 0.3) is 0 Å². The fourth-order valence-electron chi connectivity index (χ4n) is 5.79. The molecule has 11 heteroatoms. The van der Waals surface area contributed by atoms with Gasteiger partial charge in [0.1, 0.15) is 16.9 Å². The van der Waals surface area contributed by atoms with Crippen molar-refractivity contribution in [3.63, 3.8) is 0 Å². The predicted octanol–water partition coefficient (Wildman–Crippen LogP) is 1.63. The summed E-state index contributed by atoms with van der Waals surface area (Å²) in [6, 6.07) is 5.26. The van der Waals surface area contributed by atoms with Gasteiger partial charge in [0.15, 0.2) is 0 Å². The van der Waals surface area contributed by atoms with E-state index in [0.29, 0.717) is 5.56 Å². The van der Waals surface area contributed by atoms with Gasteiger partial charge in [0.05, 0.1) is 12.7 Å². The van der Waals surface area contributed by atoms with Crippen molar-refractivity contribution in [2.75, 3.05) is 34.9 Å². The van der Waals surface area contributed by atoms with Crippen LogP contribution in [0.1, 0.15) is 38.2 Å². The van der Waals surface area contributed by atoms with Gasteiger partial charge >= 0.3 is 6.03 Å². The van der Waals surface area contributed by atoms with Crippen LogP contribution in [-0.4, -0.2) is 91.1 Å². The predicted molar refractivity (Wildman–Crippen MR) is 124 cm³/mol. The van der Waals surface area contributed by atoms with Crippen LogP contribution < -0.4 is 0 Å². The molecule has 11 nitrogen and oxygen atoms in total. The first-order valence-electron chi connectivity index (χ1n) is 11.7. The van der Waals surface area contributed by atoms with Crippen LogP contribution >= 0.6 is 0 Å². The number of amides is 4. The number of methoxy groups -OCH3 is 2. The van der Waals surface area contributed by atoms with E-state index in [2.05, 4.69) is 0 Å². The van der Waals surface area contributed by atoms with Crippen LogP contribution in [0.4, 0.5) is 4.79 Å². The number of ether oxygens (including phenoxy) is 4. The van der Waals surface area contributed by atoms with Crippen LogP contribution in [0, 0.1) is 11.3 Å². The second-order valence-corrected chi connectivity index (χ2v) is 9.84. The molecule has 3 aliphatic rings. The zero-order valence-electron chi connectivity index (χ0n) is 21.3. The van der Waals surface area contributed by atoms with Gasteiger partial charge in [-0.2, -0.15) is 0 Å². The number of hydrogen-bond donors (Lipinski definition) is 1. The maximum absolute atomic E-state index is 14.0. The van der Waals surface area contributed by atoms with E-state index in [1.807, 2.05) is 0 Å². The Morgan fingerprint density at radius 3 is 2.00 bits per heavy atom. The zero-order chi connectivity index (χ0) is 26.6. The number of rotatable bonds is 4. The zero-order valence-corrected chi connectivity index (χ0v) is 21.3. The molecule has 3 fully saturated rings. The Balaban J connectivity index is 1.90. The molecule has 0 radical (unpaired) electrons. The van der Waals surface area contributed by atoms with Gasteiger partial charge in [0.2, 0.25) is 23.4 Å². The molecular weight excluding hydrogens is 472 g/mol. The molecule has 4 amide bonds. The highest BCUT2D eigenvalue weighted by molar-refractivity contribution is 6.20. The third-order valence-corrected chi connectivity index (χ3v) is 8.15. The van der Waals surface area contributed by atoms with E-state index in [1.54, 1.807) is 26.0 Å². The number of aromatic hydroxyl groups is 1. The van der Waals surface area contributed by atoms with Gasteiger partial charge in [0.25, 0.3) is 0 Å². The van der Waals surface area contributed by atoms with Gasteiger partial charge in [-0.05, 0) is 31.5 Å². The van der Waals surface area contributed by atoms with Crippen LogP contribution in [0.2, 0.25) is 0 Å². The van der Waals surface area contributed by atoms with Crippen molar-refractivity contribution in [2.45, 2.75) is 50.3 Å². The lowest BCUT2D eigenvalue weighted by molar-refractivity contribution is -0.437. The summed E-state index contributed by atoms with van der Waals surface area (Å²) < 4.78 is 23.5. The lowest BCUT2D eigenvalue weighted by Crippen LogP contribution is -2.72. The minimum Gasteiger partial charge on any atom is -0.508 e. The molecule has 1 N–H and O–H groups in total. The summed E-state index contributed by atoms with van der Waals surface area (Å²) in [5, 5.41) is 9.82. The van der Waals surface area contributed by atoms with Crippen LogP contribution in [0.3, 0.4) is 0 Å². The quantitative estimate of drug-likeness (QED) is 0.608. The van der Waals surface area contributed by atoms with E-state index in [4.69, 9.17) is 18.9 Å². The van der Waals surface area contributed by atoms with E-state index in [-0.39, 0.29) is 31.0 Å². The first-order chi connectivity index (χ1) is 16.9. The second kappa shape index (κ2) is 8.91. The molecule has 1 aromatic carbocycles. The Morgan fingerprint density at radius 1 is 0.917 bits per heavy atom. The number of benzene rings is 1. The van der Waals surface area contributed by atoms with Crippen molar-refractivity contribution in [1.29, 1.82) is 0 Å². The number of Topliss-reactive ketones (excluding diaryl/α,β-unsaturated/α-hetero) is 1. The van der Waals surface area contributed by atoms with Gasteiger partial charge in [-0.3, -0.25) is 24.2 Å². The largest absolute Gasteiger partial charge is 0.508 e. The topological polar surface area (TPSA) is 132 Å². The molecule has 0 aromatic heterocycles. The highest BCUT2D eigenvalue weighted by atomic mass is 16.8. The molecule has 1 aromatic rings. The smallest absolute Gasteiger partial charge is 0.332 e. The highest BCUT2D eigenvalue weighted by Crippen LogP contribution is 2.56. The third-order valence-electron chi connectivity index (χ3n) is 8.15. The van der Waals surface area contributed by atoms with Crippen molar-refractivity contribution >= 4 is 23.6 Å². The fourth-order valence-corrected chi connectivity index (χ4v) is 5.79. The minimum absolute atomic E-state index is 0.00377. The first-order valence-corrected chi connectivity index (χ1v) is 11.7. The number of carbonyl (C=O) groups excluding carboxylic acids is 4. The molecule has 1 aliphatic carbocycles. The summed E-state index contributed by atoms with van der Waals surface area (Å²) in [7, 11) is 5.49. The number of phenolic OH excluding ortho intramolecular Hbond substituents is 1. The van der Waals surface area contributed by atoms with Crippen molar-refractivity contribution in [3.05, 3.63) is 29.8 Å². The molecule has 1 saturated carbocycles. The molecule has 36 heavy (non-hydrogen) atoms. The number of phenols is 1. The number of hydrogen-bond acceptors (Lipinski definition) is 9. The highest BCUT2D eigenvalue weighted by Gasteiger charge is 2.69. The minimum atomic E-state index is -1.84.